The van der Waals surface area contributed by atoms with Crippen LogP contribution in [0.4, 0.5) is 4.79 Å². The number of ether oxygens (including phenoxy) is 1. The highest BCUT2D eigenvalue weighted by Crippen LogP contribution is 2.23. The van der Waals surface area contributed by atoms with E-state index in [2.05, 4.69) is 10.2 Å². The lowest BCUT2D eigenvalue weighted by Crippen LogP contribution is -2.54. The normalized spacial score (nSPS) is 20.1. The van der Waals surface area contributed by atoms with Crippen molar-refractivity contribution in [1.82, 2.24) is 15.1 Å². The molecule has 1 heterocycles. The van der Waals surface area contributed by atoms with Crippen molar-refractivity contribution >= 4 is 6.03 Å². The van der Waals surface area contributed by atoms with E-state index in [9.17, 15) is 4.79 Å². The maximum Gasteiger partial charge on any atom is 0.317 e. The van der Waals surface area contributed by atoms with Gasteiger partial charge in [-0.1, -0.05) is 43.9 Å². The number of benzene rings is 1. The van der Waals surface area contributed by atoms with E-state index in [1.54, 1.807) is 7.11 Å². The second kappa shape index (κ2) is 9.09. The fourth-order valence-corrected chi connectivity index (χ4v) is 4.04. The van der Waals surface area contributed by atoms with Crippen LogP contribution in [0.2, 0.25) is 0 Å². The zero-order valence-electron chi connectivity index (χ0n) is 15.4. The summed E-state index contributed by atoms with van der Waals surface area (Å²) < 4.78 is 5.34. The molecular weight excluding hydrogens is 314 g/mol. The van der Waals surface area contributed by atoms with Crippen LogP contribution >= 0.6 is 0 Å². The Balaban J connectivity index is 1.45. The van der Waals surface area contributed by atoms with E-state index < -0.39 is 0 Å². The Hall–Kier alpha value is -1.75. The maximum atomic E-state index is 12.5. The monoisotopic (exact) mass is 345 g/mol. The van der Waals surface area contributed by atoms with Crippen molar-refractivity contribution in [2.75, 3.05) is 33.3 Å². The highest BCUT2D eigenvalue weighted by Gasteiger charge is 2.26. The molecule has 1 aliphatic carbocycles. The molecule has 0 atom stereocenters. The largest absolute Gasteiger partial charge is 0.496 e. The molecule has 0 bridgehead atoms. The van der Waals surface area contributed by atoms with Crippen LogP contribution in [0, 0.1) is 0 Å². The quantitative estimate of drug-likeness (QED) is 0.852. The van der Waals surface area contributed by atoms with Gasteiger partial charge < -0.3 is 15.0 Å². The molecule has 3 rings (SSSR count). The molecule has 0 radical (unpaired) electrons. The van der Waals surface area contributed by atoms with Gasteiger partial charge in [0, 0.05) is 44.3 Å². The lowest BCUT2D eigenvalue weighted by atomic mass is 10.1. The molecule has 2 amide bonds. The number of piperazine rings is 1. The average Bonchev–Trinajstić information content (AvgIpc) is 2.96. The van der Waals surface area contributed by atoms with E-state index in [1.807, 2.05) is 29.2 Å². The van der Waals surface area contributed by atoms with Crippen molar-refractivity contribution < 1.29 is 9.53 Å². The van der Waals surface area contributed by atoms with E-state index in [4.69, 9.17) is 4.74 Å². The first-order valence-corrected chi connectivity index (χ1v) is 9.66. The molecule has 5 nitrogen and oxygen atoms in total. The van der Waals surface area contributed by atoms with Gasteiger partial charge in [-0.3, -0.25) is 4.90 Å². The topological polar surface area (TPSA) is 44.8 Å². The highest BCUT2D eigenvalue weighted by atomic mass is 16.5. The minimum atomic E-state index is 0.0337. The SMILES string of the molecule is COc1ccccc1CNC(=O)N1CCN(C2CCCCCC2)CC1. The summed E-state index contributed by atoms with van der Waals surface area (Å²) in [6.07, 6.45) is 8.18. The molecule has 0 aromatic heterocycles. The van der Waals surface area contributed by atoms with Crippen molar-refractivity contribution in [3.8, 4) is 5.75 Å². The minimum absolute atomic E-state index is 0.0337. The Labute approximate surface area is 151 Å². The van der Waals surface area contributed by atoms with Crippen LogP contribution in [0.15, 0.2) is 24.3 Å². The molecule has 1 saturated carbocycles. The summed E-state index contributed by atoms with van der Waals surface area (Å²) in [4.78, 5) is 17.0. The van der Waals surface area contributed by atoms with Gasteiger partial charge in [-0.25, -0.2) is 4.79 Å². The number of methoxy groups -OCH3 is 1. The van der Waals surface area contributed by atoms with Gasteiger partial charge in [0.05, 0.1) is 7.11 Å². The Morgan fingerprint density at radius 2 is 1.76 bits per heavy atom. The summed E-state index contributed by atoms with van der Waals surface area (Å²) in [6.45, 7) is 4.17. The van der Waals surface area contributed by atoms with Crippen LogP contribution in [-0.4, -0.2) is 55.2 Å². The number of nitrogens with one attached hydrogen (secondary N) is 1. The average molecular weight is 345 g/mol. The van der Waals surface area contributed by atoms with E-state index >= 15 is 0 Å². The van der Waals surface area contributed by atoms with Gasteiger partial charge in [0.1, 0.15) is 5.75 Å². The number of carbonyl (C=O) groups excluding carboxylic acids is 1. The van der Waals surface area contributed by atoms with Gasteiger partial charge in [-0.2, -0.15) is 0 Å². The van der Waals surface area contributed by atoms with E-state index in [0.29, 0.717) is 6.54 Å². The third-order valence-corrected chi connectivity index (χ3v) is 5.57. The maximum absolute atomic E-state index is 12.5. The molecule has 1 saturated heterocycles. The fourth-order valence-electron chi connectivity index (χ4n) is 4.04. The summed E-state index contributed by atoms with van der Waals surface area (Å²) in [6, 6.07) is 8.59. The molecule has 138 valence electrons. The lowest BCUT2D eigenvalue weighted by molar-refractivity contribution is 0.101. The third kappa shape index (κ3) is 4.88. The molecule has 1 aromatic carbocycles. The molecule has 25 heavy (non-hydrogen) atoms. The van der Waals surface area contributed by atoms with Gasteiger partial charge in [0.25, 0.3) is 0 Å². The molecule has 1 aromatic rings. The Morgan fingerprint density at radius 1 is 1.08 bits per heavy atom. The standard InChI is InChI=1S/C20H31N3O2/c1-25-19-11-7-6-8-17(19)16-21-20(24)23-14-12-22(13-15-23)18-9-4-2-3-5-10-18/h6-8,11,18H,2-5,9-10,12-16H2,1H3,(H,21,24). The van der Waals surface area contributed by atoms with Crippen molar-refractivity contribution in [2.45, 2.75) is 51.1 Å². The van der Waals surface area contributed by atoms with Crippen molar-refractivity contribution in [3.05, 3.63) is 29.8 Å². The molecule has 0 spiro atoms. The number of hydrogen-bond acceptors (Lipinski definition) is 3. The summed E-state index contributed by atoms with van der Waals surface area (Å²) in [5.41, 5.74) is 1.01. The van der Waals surface area contributed by atoms with Crippen molar-refractivity contribution in [3.63, 3.8) is 0 Å². The lowest BCUT2D eigenvalue weighted by Gasteiger charge is -2.39. The second-order valence-corrected chi connectivity index (χ2v) is 7.14. The van der Waals surface area contributed by atoms with Gasteiger partial charge in [-0.15, -0.1) is 0 Å². The number of rotatable bonds is 4. The summed E-state index contributed by atoms with van der Waals surface area (Å²) in [5, 5.41) is 3.04. The Morgan fingerprint density at radius 3 is 2.44 bits per heavy atom. The van der Waals surface area contributed by atoms with Crippen LogP contribution < -0.4 is 10.1 Å². The second-order valence-electron chi connectivity index (χ2n) is 7.14. The zero-order valence-corrected chi connectivity index (χ0v) is 15.4. The van der Waals surface area contributed by atoms with Crippen LogP contribution in [0.3, 0.4) is 0 Å². The van der Waals surface area contributed by atoms with Gasteiger partial charge in [-0.05, 0) is 18.9 Å². The van der Waals surface area contributed by atoms with Gasteiger partial charge >= 0.3 is 6.03 Å². The fraction of sp³-hybridized carbons (Fsp3) is 0.650. The first kappa shape index (κ1) is 18.1. The zero-order chi connectivity index (χ0) is 17.5. The third-order valence-electron chi connectivity index (χ3n) is 5.57. The number of amides is 2. The molecule has 2 fully saturated rings. The Bertz CT molecular complexity index is 548. The Kier molecular flexibility index (Phi) is 6.56. The van der Waals surface area contributed by atoms with Crippen molar-refractivity contribution in [1.29, 1.82) is 0 Å². The summed E-state index contributed by atoms with van der Waals surface area (Å²) in [7, 11) is 1.66. The first-order valence-electron chi connectivity index (χ1n) is 9.66. The molecule has 5 heteroatoms. The first-order chi connectivity index (χ1) is 12.3. The highest BCUT2D eigenvalue weighted by molar-refractivity contribution is 5.74. The summed E-state index contributed by atoms with van der Waals surface area (Å²) in [5.74, 6) is 0.820. The molecule has 1 aliphatic heterocycles. The van der Waals surface area contributed by atoms with Crippen molar-refractivity contribution in [2.24, 2.45) is 0 Å². The summed E-state index contributed by atoms with van der Waals surface area (Å²) >= 11 is 0. The number of hydrogen-bond donors (Lipinski definition) is 1. The molecule has 2 aliphatic rings. The predicted octanol–water partition coefficient (Wildman–Crippen LogP) is 3.25. The van der Waals surface area contributed by atoms with Gasteiger partial charge in [0.2, 0.25) is 0 Å². The predicted molar refractivity (Wildman–Crippen MR) is 99.9 cm³/mol. The number of para-hydroxylation sites is 1. The number of carbonyl (C=O) groups is 1. The molecular formula is C20H31N3O2. The van der Waals surface area contributed by atoms with Crippen LogP contribution in [0.5, 0.6) is 5.75 Å². The van der Waals surface area contributed by atoms with Crippen LogP contribution in [-0.2, 0) is 6.54 Å². The number of urea groups is 1. The van der Waals surface area contributed by atoms with E-state index in [0.717, 1.165) is 43.5 Å². The van der Waals surface area contributed by atoms with Crippen LogP contribution in [0.25, 0.3) is 0 Å². The van der Waals surface area contributed by atoms with Crippen LogP contribution in [0.1, 0.15) is 44.1 Å². The molecule has 1 N–H and O–H groups in total. The minimum Gasteiger partial charge on any atom is -0.496 e. The molecule has 0 unspecified atom stereocenters. The van der Waals surface area contributed by atoms with Gasteiger partial charge in [0.15, 0.2) is 0 Å². The van der Waals surface area contributed by atoms with E-state index in [1.165, 1.54) is 38.5 Å². The number of nitrogens with zero attached hydrogens (tertiary/aromatic N) is 2. The van der Waals surface area contributed by atoms with E-state index in [-0.39, 0.29) is 6.03 Å². The smallest absolute Gasteiger partial charge is 0.317 e.